The summed E-state index contributed by atoms with van der Waals surface area (Å²) in [6, 6.07) is 38.3. The Morgan fingerprint density at radius 2 is 1.10 bits per heavy atom. The fourth-order valence-corrected chi connectivity index (χ4v) is 6.15. The minimum absolute atomic E-state index is 0.0660. The zero-order valence-electron chi connectivity index (χ0n) is 27.5. The highest BCUT2D eigenvalue weighted by molar-refractivity contribution is 6.00. The lowest BCUT2D eigenvalue weighted by molar-refractivity contribution is 0.330. The van der Waals surface area contributed by atoms with Crippen molar-refractivity contribution in [3.8, 4) is 73.3 Å². The van der Waals surface area contributed by atoms with E-state index in [2.05, 4.69) is 88.0 Å². The van der Waals surface area contributed by atoms with Gasteiger partial charge in [0.2, 0.25) is 17.2 Å². The van der Waals surface area contributed by atoms with Crippen LogP contribution in [0.15, 0.2) is 127 Å². The van der Waals surface area contributed by atoms with E-state index in [-0.39, 0.29) is 11.6 Å². The van der Waals surface area contributed by atoms with Crippen LogP contribution >= 0.6 is 0 Å². The first-order valence-electron chi connectivity index (χ1n) is 15.9. The Bertz CT molecular complexity index is 2170. The SMILES string of the molecule is C=Cc1ccc(-c2ccc(-c3ccc(-c4c(O)c(O)c(O)c(O)c4O)cc3)cc2)cc1-c1ccc(/C(C)=N/C(C)c2ccccc2)cc1C. The molecule has 49 heavy (non-hydrogen) atoms. The third-order valence-electron chi connectivity index (χ3n) is 8.97. The molecule has 0 aliphatic carbocycles. The van der Waals surface area contributed by atoms with Gasteiger partial charge >= 0.3 is 0 Å². The number of hydrogen-bond acceptors (Lipinski definition) is 6. The lowest BCUT2D eigenvalue weighted by atomic mass is 9.90. The number of benzene rings is 6. The summed E-state index contributed by atoms with van der Waals surface area (Å²) < 4.78 is 0. The Kier molecular flexibility index (Phi) is 8.97. The Morgan fingerprint density at radius 1 is 0.592 bits per heavy atom. The van der Waals surface area contributed by atoms with Crippen molar-refractivity contribution >= 4 is 11.8 Å². The van der Waals surface area contributed by atoms with Gasteiger partial charge in [0.25, 0.3) is 0 Å². The first kappa shape index (κ1) is 32.7. The number of phenolic OH excluding ortho intramolecular Hbond substituents is 5. The molecule has 0 bridgehead atoms. The van der Waals surface area contributed by atoms with Gasteiger partial charge in [0.05, 0.1) is 11.6 Å². The molecule has 0 fully saturated rings. The molecule has 0 spiro atoms. The van der Waals surface area contributed by atoms with Crippen LogP contribution < -0.4 is 0 Å². The molecule has 1 atom stereocenters. The van der Waals surface area contributed by atoms with Gasteiger partial charge < -0.3 is 25.5 Å². The molecule has 6 heteroatoms. The molecule has 0 aromatic heterocycles. The smallest absolute Gasteiger partial charge is 0.208 e. The van der Waals surface area contributed by atoms with E-state index in [0.29, 0.717) is 5.56 Å². The van der Waals surface area contributed by atoms with E-state index in [1.165, 1.54) is 5.56 Å². The summed E-state index contributed by atoms with van der Waals surface area (Å²) in [5.74, 6) is -4.25. The van der Waals surface area contributed by atoms with E-state index >= 15 is 0 Å². The average Bonchev–Trinajstić information content (AvgIpc) is 3.13. The zero-order chi connectivity index (χ0) is 34.8. The van der Waals surface area contributed by atoms with Crippen molar-refractivity contribution in [2.75, 3.05) is 0 Å². The zero-order valence-corrected chi connectivity index (χ0v) is 27.5. The molecule has 0 amide bonds. The highest BCUT2D eigenvalue weighted by atomic mass is 16.4. The molecule has 0 aliphatic heterocycles. The topological polar surface area (TPSA) is 114 Å². The quantitative estimate of drug-likeness (QED) is 0.0641. The lowest BCUT2D eigenvalue weighted by Crippen LogP contribution is -2.00. The number of hydrogen-bond donors (Lipinski definition) is 5. The minimum atomic E-state index is -0.986. The summed E-state index contributed by atoms with van der Waals surface area (Å²) in [7, 11) is 0. The fraction of sp³-hybridized carbons (Fsp3) is 0.0930. The number of aromatic hydroxyl groups is 5. The monoisotopic (exact) mass is 647 g/mol. The van der Waals surface area contributed by atoms with Crippen molar-refractivity contribution in [3.05, 3.63) is 144 Å². The number of phenols is 5. The molecule has 0 saturated carbocycles. The largest absolute Gasteiger partial charge is 0.504 e. The second kappa shape index (κ2) is 13.5. The minimum Gasteiger partial charge on any atom is -0.504 e. The van der Waals surface area contributed by atoms with Gasteiger partial charge in [-0.1, -0.05) is 116 Å². The molecule has 0 radical (unpaired) electrons. The molecule has 0 aliphatic rings. The third kappa shape index (κ3) is 6.36. The number of aliphatic imine (C=N–C) groups is 1. The van der Waals surface area contributed by atoms with Crippen LogP contribution in [0.25, 0.3) is 50.6 Å². The summed E-state index contributed by atoms with van der Waals surface area (Å²) >= 11 is 0. The van der Waals surface area contributed by atoms with E-state index in [4.69, 9.17) is 4.99 Å². The standard InChI is InChI=1S/C43H37NO5/c1-5-28-11-20-35(24-37(28)36-22-21-34(23-25(36)2)27(4)44-26(3)29-9-7-6-8-10-29)32-14-12-30(13-15-32)31-16-18-33(19-17-31)38-39(45)41(47)43(49)42(48)40(38)46/h5-24,26,45-49H,1H2,2-4H3/b44-27+. The Balaban J connectivity index is 1.26. The second-order valence-electron chi connectivity index (χ2n) is 12.1. The van der Waals surface area contributed by atoms with Gasteiger partial charge in [0, 0.05) is 5.71 Å². The highest BCUT2D eigenvalue weighted by Gasteiger charge is 2.24. The molecule has 6 aromatic rings. The van der Waals surface area contributed by atoms with Crippen LogP contribution in [-0.4, -0.2) is 31.2 Å². The van der Waals surface area contributed by atoms with Crippen LogP contribution in [-0.2, 0) is 0 Å². The fourth-order valence-electron chi connectivity index (χ4n) is 6.15. The Labute approximate surface area is 285 Å². The molecule has 6 aromatic carbocycles. The summed E-state index contributed by atoms with van der Waals surface area (Å²) in [5.41, 5.74) is 11.8. The van der Waals surface area contributed by atoms with Crippen LogP contribution in [0.1, 0.15) is 42.1 Å². The average molecular weight is 648 g/mol. The number of aryl methyl sites for hydroxylation is 1. The van der Waals surface area contributed by atoms with Crippen LogP contribution in [0.5, 0.6) is 28.7 Å². The summed E-state index contributed by atoms with van der Waals surface area (Å²) in [5, 5.41) is 50.2. The lowest BCUT2D eigenvalue weighted by Gasteiger charge is -2.15. The van der Waals surface area contributed by atoms with E-state index in [0.717, 1.165) is 55.8 Å². The summed E-state index contributed by atoms with van der Waals surface area (Å²) in [4.78, 5) is 4.97. The Morgan fingerprint density at radius 3 is 1.65 bits per heavy atom. The van der Waals surface area contributed by atoms with Crippen molar-refractivity contribution in [1.82, 2.24) is 0 Å². The first-order valence-corrected chi connectivity index (χ1v) is 15.9. The van der Waals surface area contributed by atoms with Crippen molar-refractivity contribution < 1.29 is 25.5 Å². The van der Waals surface area contributed by atoms with Gasteiger partial charge in [-0.05, 0) is 94.1 Å². The van der Waals surface area contributed by atoms with Gasteiger partial charge in [-0.15, -0.1) is 0 Å². The van der Waals surface area contributed by atoms with Crippen LogP contribution in [0.3, 0.4) is 0 Å². The van der Waals surface area contributed by atoms with Crippen LogP contribution in [0, 0.1) is 6.92 Å². The first-order chi connectivity index (χ1) is 23.6. The second-order valence-corrected chi connectivity index (χ2v) is 12.1. The van der Waals surface area contributed by atoms with E-state index in [9.17, 15) is 25.5 Å². The molecule has 0 heterocycles. The van der Waals surface area contributed by atoms with Crippen molar-refractivity contribution in [2.45, 2.75) is 26.8 Å². The highest BCUT2D eigenvalue weighted by Crippen LogP contribution is 2.54. The van der Waals surface area contributed by atoms with Crippen LogP contribution in [0.2, 0.25) is 0 Å². The molecule has 6 nitrogen and oxygen atoms in total. The number of rotatable bonds is 8. The van der Waals surface area contributed by atoms with E-state index in [1.54, 1.807) is 12.1 Å². The normalized spacial score (nSPS) is 12.1. The van der Waals surface area contributed by atoms with Gasteiger partial charge in [-0.3, -0.25) is 4.99 Å². The Hall–Kier alpha value is -6.27. The van der Waals surface area contributed by atoms with E-state index < -0.39 is 28.7 Å². The van der Waals surface area contributed by atoms with Crippen LogP contribution in [0.4, 0.5) is 0 Å². The van der Waals surface area contributed by atoms with Gasteiger partial charge in [-0.25, -0.2) is 0 Å². The molecule has 6 rings (SSSR count). The molecular formula is C43H37NO5. The van der Waals surface area contributed by atoms with Gasteiger partial charge in [0.1, 0.15) is 0 Å². The predicted molar refractivity (Wildman–Crippen MR) is 198 cm³/mol. The van der Waals surface area contributed by atoms with Gasteiger partial charge in [0.15, 0.2) is 11.5 Å². The van der Waals surface area contributed by atoms with Gasteiger partial charge in [-0.2, -0.15) is 0 Å². The molecule has 1 unspecified atom stereocenters. The maximum Gasteiger partial charge on any atom is 0.208 e. The maximum atomic E-state index is 10.3. The van der Waals surface area contributed by atoms with Crippen molar-refractivity contribution in [1.29, 1.82) is 0 Å². The predicted octanol–water partition coefficient (Wildman–Crippen LogP) is 10.4. The molecule has 5 N–H and O–H groups in total. The molecule has 0 saturated heterocycles. The van der Waals surface area contributed by atoms with Crippen molar-refractivity contribution in [3.63, 3.8) is 0 Å². The summed E-state index contributed by atoms with van der Waals surface area (Å²) in [6.45, 7) is 10.4. The molecule has 244 valence electrons. The number of nitrogens with zero attached hydrogens (tertiary/aromatic N) is 1. The third-order valence-corrected chi connectivity index (χ3v) is 8.97. The van der Waals surface area contributed by atoms with E-state index in [1.807, 2.05) is 48.5 Å². The molecular weight excluding hydrogens is 610 g/mol. The maximum absolute atomic E-state index is 10.3. The van der Waals surface area contributed by atoms with Crippen molar-refractivity contribution in [2.24, 2.45) is 4.99 Å². The summed E-state index contributed by atoms with van der Waals surface area (Å²) in [6.07, 6.45) is 1.88.